The Balaban J connectivity index is 1.76. The Labute approximate surface area is 161 Å². The summed E-state index contributed by atoms with van der Waals surface area (Å²) < 4.78 is 2.12. The number of aryl methyl sites for hydroxylation is 1. The maximum absolute atomic E-state index is 12.9. The van der Waals surface area contributed by atoms with Gasteiger partial charge in [-0.1, -0.05) is 11.6 Å². The van der Waals surface area contributed by atoms with E-state index < -0.39 is 0 Å². The lowest BCUT2D eigenvalue weighted by Gasteiger charge is -2.34. The lowest BCUT2D eigenvalue weighted by Crippen LogP contribution is -2.43. The Morgan fingerprint density at radius 1 is 1.19 bits per heavy atom. The molecule has 0 spiro atoms. The monoisotopic (exact) mass is 373 g/mol. The number of carbonyl (C=O) groups excluding carboxylic acids is 1. The van der Waals surface area contributed by atoms with Crippen LogP contribution in [0.15, 0.2) is 30.3 Å². The van der Waals surface area contributed by atoms with Crippen molar-refractivity contribution < 1.29 is 4.79 Å². The summed E-state index contributed by atoms with van der Waals surface area (Å²) in [6, 6.07) is 10.2. The zero-order valence-electron chi connectivity index (χ0n) is 16.1. The maximum Gasteiger partial charge on any atom is 0.178 e. The molecule has 3 rings (SSSR count). The van der Waals surface area contributed by atoms with Gasteiger partial charge in [0.2, 0.25) is 0 Å². The van der Waals surface area contributed by atoms with Crippen LogP contribution in [0.4, 0.5) is 0 Å². The van der Waals surface area contributed by atoms with Crippen LogP contribution in [0.3, 0.4) is 0 Å². The number of carbonyl (C=O) groups is 1. The SMILES string of the molecule is Cc1cc(C(=O)CN(C)C2CCN(C)CC2)c(C)n1-c1ccc(Cl)cc1. The number of likely N-dealkylation sites (N-methyl/N-ethyl adjacent to an activating group) is 1. The molecule has 26 heavy (non-hydrogen) atoms. The minimum atomic E-state index is 0.194. The largest absolute Gasteiger partial charge is 0.318 e. The van der Waals surface area contributed by atoms with Crippen molar-refractivity contribution in [1.82, 2.24) is 14.4 Å². The van der Waals surface area contributed by atoms with E-state index in [0.29, 0.717) is 17.6 Å². The van der Waals surface area contributed by atoms with Gasteiger partial charge in [0.15, 0.2) is 5.78 Å². The summed E-state index contributed by atoms with van der Waals surface area (Å²) in [7, 11) is 4.24. The minimum Gasteiger partial charge on any atom is -0.318 e. The van der Waals surface area contributed by atoms with Gasteiger partial charge in [-0.3, -0.25) is 9.69 Å². The number of rotatable bonds is 5. The molecule has 1 saturated heterocycles. The molecule has 1 aromatic heterocycles. The molecular weight excluding hydrogens is 346 g/mol. The molecule has 4 nitrogen and oxygen atoms in total. The number of aromatic nitrogens is 1. The summed E-state index contributed by atoms with van der Waals surface area (Å²) in [6.07, 6.45) is 2.26. The Morgan fingerprint density at radius 3 is 2.42 bits per heavy atom. The second kappa shape index (κ2) is 7.95. The highest BCUT2D eigenvalue weighted by molar-refractivity contribution is 6.30. The zero-order chi connectivity index (χ0) is 18.8. The molecule has 0 amide bonds. The molecule has 0 N–H and O–H groups in total. The molecule has 2 aromatic rings. The van der Waals surface area contributed by atoms with Crippen LogP contribution in [-0.2, 0) is 0 Å². The van der Waals surface area contributed by atoms with Crippen molar-refractivity contribution in [3.63, 3.8) is 0 Å². The van der Waals surface area contributed by atoms with E-state index in [4.69, 9.17) is 11.6 Å². The maximum atomic E-state index is 12.9. The Bertz CT molecular complexity index is 773. The van der Waals surface area contributed by atoms with E-state index in [-0.39, 0.29) is 5.78 Å². The van der Waals surface area contributed by atoms with E-state index in [9.17, 15) is 4.79 Å². The summed E-state index contributed by atoms with van der Waals surface area (Å²) in [4.78, 5) is 17.5. The molecule has 0 radical (unpaired) electrons. The smallest absolute Gasteiger partial charge is 0.178 e. The van der Waals surface area contributed by atoms with Crippen molar-refractivity contribution in [1.29, 1.82) is 0 Å². The third-order valence-electron chi connectivity index (χ3n) is 5.52. The highest BCUT2D eigenvalue weighted by atomic mass is 35.5. The molecule has 2 heterocycles. The fourth-order valence-electron chi connectivity index (χ4n) is 3.91. The molecule has 1 aliphatic rings. The van der Waals surface area contributed by atoms with Gasteiger partial charge in [-0.05, 0) is 84.2 Å². The van der Waals surface area contributed by atoms with Gasteiger partial charge in [-0.25, -0.2) is 0 Å². The standard InChI is InChI=1S/C21H28ClN3O/c1-15-13-20(16(2)25(15)19-7-5-17(22)6-8-19)21(26)14-24(4)18-9-11-23(3)12-10-18/h5-8,13,18H,9-12,14H2,1-4H3. The van der Waals surface area contributed by atoms with Crippen LogP contribution in [0, 0.1) is 13.8 Å². The molecule has 0 bridgehead atoms. The summed E-state index contributed by atoms with van der Waals surface area (Å²) in [5, 5.41) is 0.715. The summed E-state index contributed by atoms with van der Waals surface area (Å²) in [6.45, 7) is 6.74. The first kappa shape index (κ1) is 19.2. The highest BCUT2D eigenvalue weighted by Crippen LogP contribution is 2.23. The van der Waals surface area contributed by atoms with Crippen LogP contribution < -0.4 is 0 Å². The molecule has 5 heteroatoms. The number of likely N-dealkylation sites (tertiary alicyclic amines) is 1. The quantitative estimate of drug-likeness (QED) is 0.743. The number of benzene rings is 1. The normalized spacial score (nSPS) is 16.4. The van der Waals surface area contributed by atoms with Crippen molar-refractivity contribution in [2.45, 2.75) is 32.7 Å². The van der Waals surface area contributed by atoms with Crippen LogP contribution in [0.1, 0.15) is 34.6 Å². The fourth-order valence-corrected chi connectivity index (χ4v) is 4.04. The van der Waals surface area contributed by atoms with Crippen molar-refractivity contribution >= 4 is 17.4 Å². The topological polar surface area (TPSA) is 28.5 Å². The van der Waals surface area contributed by atoms with Crippen molar-refractivity contribution in [2.24, 2.45) is 0 Å². The fraction of sp³-hybridized carbons (Fsp3) is 0.476. The molecule has 0 saturated carbocycles. The van der Waals surface area contributed by atoms with Gasteiger partial charge in [0.05, 0.1) is 6.54 Å². The van der Waals surface area contributed by atoms with E-state index in [0.717, 1.165) is 48.6 Å². The van der Waals surface area contributed by atoms with Crippen LogP contribution >= 0.6 is 11.6 Å². The molecule has 1 aliphatic heterocycles. The van der Waals surface area contributed by atoms with Gasteiger partial charge in [-0.2, -0.15) is 0 Å². The zero-order valence-corrected chi connectivity index (χ0v) is 16.9. The molecule has 0 aliphatic carbocycles. The Kier molecular flexibility index (Phi) is 5.86. The number of nitrogens with zero attached hydrogens (tertiary/aromatic N) is 3. The first-order valence-corrected chi connectivity index (χ1v) is 9.61. The van der Waals surface area contributed by atoms with Gasteiger partial charge in [0.25, 0.3) is 0 Å². The number of piperidine rings is 1. The number of halogens is 1. The van der Waals surface area contributed by atoms with E-state index >= 15 is 0 Å². The van der Waals surface area contributed by atoms with Crippen LogP contribution in [-0.4, -0.2) is 59.9 Å². The van der Waals surface area contributed by atoms with E-state index in [1.807, 2.05) is 44.2 Å². The number of hydrogen-bond donors (Lipinski definition) is 0. The molecule has 0 atom stereocenters. The average Bonchev–Trinajstić information content (AvgIpc) is 2.91. The molecular formula is C21H28ClN3O. The van der Waals surface area contributed by atoms with E-state index in [1.54, 1.807) is 0 Å². The van der Waals surface area contributed by atoms with Crippen LogP contribution in [0.25, 0.3) is 5.69 Å². The summed E-state index contributed by atoms with van der Waals surface area (Å²) in [5.41, 5.74) is 3.91. The number of Topliss-reactive ketones (excluding diaryl/α,β-unsaturated/α-hetero) is 1. The average molecular weight is 374 g/mol. The molecule has 0 unspecified atom stereocenters. The van der Waals surface area contributed by atoms with Gasteiger partial charge >= 0.3 is 0 Å². The predicted molar refractivity (Wildman–Crippen MR) is 108 cm³/mol. The number of hydrogen-bond acceptors (Lipinski definition) is 3. The van der Waals surface area contributed by atoms with Gasteiger partial charge < -0.3 is 9.47 Å². The van der Waals surface area contributed by atoms with Crippen LogP contribution in [0.5, 0.6) is 0 Å². The lowest BCUT2D eigenvalue weighted by molar-refractivity contribution is 0.0871. The minimum absolute atomic E-state index is 0.194. The predicted octanol–water partition coefficient (Wildman–Crippen LogP) is 3.96. The third kappa shape index (κ3) is 4.03. The second-order valence-electron chi connectivity index (χ2n) is 7.47. The van der Waals surface area contributed by atoms with Crippen molar-refractivity contribution in [3.05, 3.63) is 52.3 Å². The molecule has 1 aromatic carbocycles. The van der Waals surface area contributed by atoms with E-state index in [2.05, 4.69) is 28.5 Å². The van der Waals surface area contributed by atoms with Gasteiger partial charge in [0, 0.05) is 33.7 Å². The number of ketones is 1. The second-order valence-corrected chi connectivity index (χ2v) is 7.91. The highest BCUT2D eigenvalue weighted by Gasteiger charge is 2.24. The summed E-state index contributed by atoms with van der Waals surface area (Å²) in [5.74, 6) is 0.194. The molecule has 1 fully saturated rings. The van der Waals surface area contributed by atoms with Crippen LogP contribution in [0.2, 0.25) is 5.02 Å². The van der Waals surface area contributed by atoms with E-state index in [1.165, 1.54) is 0 Å². The lowest BCUT2D eigenvalue weighted by atomic mass is 10.0. The molecule has 140 valence electrons. The van der Waals surface area contributed by atoms with Gasteiger partial charge in [0.1, 0.15) is 0 Å². The van der Waals surface area contributed by atoms with Gasteiger partial charge in [-0.15, -0.1) is 0 Å². The first-order chi connectivity index (χ1) is 12.4. The first-order valence-electron chi connectivity index (χ1n) is 9.23. The summed E-state index contributed by atoms with van der Waals surface area (Å²) >= 11 is 6.00. The third-order valence-corrected chi connectivity index (χ3v) is 5.77. The van der Waals surface area contributed by atoms with Crippen molar-refractivity contribution in [3.8, 4) is 5.69 Å². The Hall–Kier alpha value is -1.62. The van der Waals surface area contributed by atoms with Crippen molar-refractivity contribution in [2.75, 3.05) is 33.7 Å². The Morgan fingerprint density at radius 2 is 1.81 bits per heavy atom.